The number of rotatable bonds is 6. The topological polar surface area (TPSA) is 95.2 Å². The third kappa shape index (κ3) is 4.01. The third-order valence-corrected chi connectivity index (χ3v) is 6.23. The van der Waals surface area contributed by atoms with Crippen LogP contribution in [0, 0.1) is 12.7 Å². The lowest BCUT2D eigenvalue weighted by Crippen LogP contribution is -2.11. The normalized spacial score (nSPS) is 11.5. The monoisotopic (exact) mass is 477 g/mol. The number of nitrogens with zero attached hydrogens (tertiary/aromatic N) is 4. The van der Waals surface area contributed by atoms with Gasteiger partial charge in [-0.2, -0.15) is 5.10 Å². The molecule has 0 atom stereocenters. The van der Waals surface area contributed by atoms with Gasteiger partial charge in [0.1, 0.15) is 17.0 Å². The molecule has 6 aromatic rings. The Morgan fingerprint density at radius 2 is 1.81 bits per heavy atom. The van der Waals surface area contributed by atoms with Crippen LogP contribution in [0.15, 0.2) is 67.3 Å². The highest BCUT2D eigenvalue weighted by molar-refractivity contribution is 6.00. The molecule has 0 aliphatic carbocycles. The molecule has 6 rings (SSSR count). The van der Waals surface area contributed by atoms with Gasteiger partial charge in [-0.1, -0.05) is 13.0 Å². The Balaban J connectivity index is 1.44. The molecular formula is C28H24FN7. The van der Waals surface area contributed by atoms with Crippen molar-refractivity contribution in [2.24, 2.45) is 0 Å². The summed E-state index contributed by atoms with van der Waals surface area (Å²) in [6.07, 6.45) is 7.22. The molecule has 5 aromatic heterocycles. The summed E-state index contributed by atoms with van der Waals surface area (Å²) in [5.74, 6) is -0.267. The van der Waals surface area contributed by atoms with Gasteiger partial charge in [0.2, 0.25) is 0 Å². The molecule has 0 saturated carbocycles. The van der Waals surface area contributed by atoms with Crippen LogP contribution in [0.3, 0.4) is 0 Å². The SMILES string of the molecule is CCNCc1cncc(-c2ccc3[nH]nc(-c4cc5c(-c6cc(C)cc(F)c6)cncc5[nH]4)c3n2)c1. The first-order valence-corrected chi connectivity index (χ1v) is 11.8. The first-order chi connectivity index (χ1) is 17.6. The number of H-pyrrole nitrogens is 2. The zero-order valence-electron chi connectivity index (χ0n) is 19.9. The Labute approximate surface area is 206 Å². The van der Waals surface area contributed by atoms with Crippen molar-refractivity contribution in [3.8, 4) is 33.8 Å². The van der Waals surface area contributed by atoms with Crippen LogP contribution >= 0.6 is 0 Å². The van der Waals surface area contributed by atoms with Crippen molar-refractivity contribution >= 4 is 21.9 Å². The van der Waals surface area contributed by atoms with Crippen molar-refractivity contribution in [3.63, 3.8) is 0 Å². The fourth-order valence-corrected chi connectivity index (χ4v) is 4.54. The lowest BCUT2D eigenvalue weighted by Gasteiger charge is -2.05. The minimum absolute atomic E-state index is 0.267. The number of benzene rings is 1. The van der Waals surface area contributed by atoms with Gasteiger partial charge in [0.25, 0.3) is 0 Å². The Bertz CT molecular complexity index is 1700. The first-order valence-electron chi connectivity index (χ1n) is 11.8. The lowest BCUT2D eigenvalue weighted by atomic mass is 10.0. The van der Waals surface area contributed by atoms with Crippen molar-refractivity contribution in [1.82, 2.24) is 35.5 Å². The second-order valence-corrected chi connectivity index (χ2v) is 8.88. The molecular weight excluding hydrogens is 453 g/mol. The maximum atomic E-state index is 14.1. The number of halogens is 1. The van der Waals surface area contributed by atoms with Gasteiger partial charge in [0.15, 0.2) is 0 Å². The van der Waals surface area contributed by atoms with Gasteiger partial charge in [0.05, 0.1) is 28.6 Å². The number of hydrogen-bond acceptors (Lipinski definition) is 5. The second-order valence-electron chi connectivity index (χ2n) is 8.88. The van der Waals surface area contributed by atoms with Crippen molar-refractivity contribution in [3.05, 3.63) is 84.2 Å². The van der Waals surface area contributed by atoms with E-state index in [4.69, 9.17) is 4.98 Å². The van der Waals surface area contributed by atoms with E-state index >= 15 is 0 Å². The predicted molar refractivity (Wildman–Crippen MR) is 140 cm³/mol. The van der Waals surface area contributed by atoms with E-state index in [0.29, 0.717) is 5.69 Å². The molecule has 36 heavy (non-hydrogen) atoms. The Kier molecular flexibility index (Phi) is 5.50. The molecule has 0 unspecified atom stereocenters. The zero-order valence-corrected chi connectivity index (χ0v) is 19.9. The van der Waals surface area contributed by atoms with Crippen LogP contribution in [0.25, 0.3) is 55.7 Å². The number of aromatic nitrogens is 6. The fraction of sp³-hybridized carbons (Fsp3) is 0.143. The third-order valence-electron chi connectivity index (χ3n) is 6.23. The number of aryl methyl sites for hydroxylation is 1. The largest absolute Gasteiger partial charge is 0.352 e. The summed E-state index contributed by atoms with van der Waals surface area (Å²) in [6, 6.07) is 13.1. The van der Waals surface area contributed by atoms with Crippen LogP contribution in [0.4, 0.5) is 4.39 Å². The van der Waals surface area contributed by atoms with Gasteiger partial charge in [-0.3, -0.25) is 15.1 Å². The van der Waals surface area contributed by atoms with Gasteiger partial charge in [-0.05, 0) is 66.6 Å². The van der Waals surface area contributed by atoms with Crippen molar-refractivity contribution < 1.29 is 4.39 Å². The van der Waals surface area contributed by atoms with Crippen molar-refractivity contribution in [1.29, 1.82) is 0 Å². The van der Waals surface area contributed by atoms with E-state index in [9.17, 15) is 4.39 Å². The minimum Gasteiger partial charge on any atom is -0.352 e. The van der Waals surface area contributed by atoms with E-state index < -0.39 is 0 Å². The predicted octanol–water partition coefficient (Wildman–Crippen LogP) is 5.79. The Morgan fingerprint density at radius 3 is 2.67 bits per heavy atom. The van der Waals surface area contributed by atoms with Crippen LogP contribution in [0.1, 0.15) is 18.1 Å². The summed E-state index contributed by atoms with van der Waals surface area (Å²) in [4.78, 5) is 17.1. The van der Waals surface area contributed by atoms with Crippen molar-refractivity contribution in [2.75, 3.05) is 6.54 Å². The summed E-state index contributed by atoms with van der Waals surface area (Å²) < 4.78 is 14.1. The summed E-state index contributed by atoms with van der Waals surface area (Å²) in [6.45, 7) is 5.61. The molecule has 0 aliphatic heterocycles. The van der Waals surface area contributed by atoms with E-state index in [0.717, 1.165) is 74.2 Å². The molecule has 0 fully saturated rings. The maximum absolute atomic E-state index is 14.1. The van der Waals surface area contributed by atoms with Crippen LogP contribution in [-0.2, 0) is 6.54 Å². The summed E-state index contributed by atoms with van der Waals surface area (Å²) in [5, 5.41) is 11.9. The second kappa shape index (κ2) is 8.98. The molecule has 0 saturated heterocycles. The average Bonchev–Trinajstić information content (AvgIpc) is 3.50. The number of aromatic amines is 2. The van der Waals surface area contributed by atoms with Crippen LogP contribution in [0.5, 0.6) is 0 Å². The summed E-state index contributed by atoms with van der Waals surface area (Å²) in [5.41, 5.74) is 9.33. The smallest absolute Gasteiger partial charge is 0.135 e. The van der Waals surface area contributed by atoms with Crippen LogP contribution in [0.2, 0.25) is 0 Å². The average molecular weight is 478 g/mol. The molecule has 0 spiro atoms. The molecule has 8 heteroatoms. The molecule has 1 aromatic carbocycles. The van der Waals surface area contributed by atoms with Gasteiger partial charge in [-0.25, -0.2) is 9.37 Å². The van der Waals surface area contributed by atoms with E-state index in [1.165, 1.54) is 12.1 Å². The quantitative estimate of drug-likeness (QED) is 0.282. The molecule has 0 bridgehead atoms. The maximum Gasteiger partial charge on any atom is 0.135 e. The number of pyridine rings is 3. The minimum atomic E-state index is -0.267. The zero-order chi connectivity index (χ0) is 24.6. The Morgan fingerprint density at radius 1 is 0.917 bits per heavy atom. The van der Waals surface area contributed by atoms with Gasteiger partial charge < -0.3 is 10.3 Å². The van der Waals surface area contributed by atoms with E-state index in [2.05, 4.69) is 43.5 Å². The van der Waals surface area contributed by atoms with Gasteiger partial charge in [0, 0.05) is 41.6 Å². The van der Waals surface area contributed by atoms with Gasteiger partial charge in [-0.15, -0.1) is 0 Å². The standard InChI is InChI=1S/C28H24FN7/c1-3-30-11-17-8-19(13-31-12-17)23-4-5-24-27(34-23)28(36-35-24)25-10-21-22(14-32-15-26(21)33-25)18-6-16(2)7-20(29)9-18/h4-10,12-15,30,33H,3,11H2,1-2H3,(H,35,36). The number of fused-ring (bicyclic) bond motifs is 2. The molecule has 3 N–H and O–H groups in total. The molecule has 0 amide bonds. The van der Waals surface area contributed by atoms with E-state index in [1.807, 2.05) is 43.6 Å². The van der Waals surface area contributed by atoms with Gasteiger partial charge >= 0.3 is 0 Å². The highest BCUT2D eigenvalue weighted by Gasteiger charge is 2.16. The molecule has 0 radical (unpaired) electrons. The number of hydrogen-bond donors (Lipinski definition) is 3. The first kappa shape index (κ1) is 22.1. The highest BCUT2D eigenvalue weighted by Crippen LogP contribution is 2.34. The van der Waals surface area contributed by atoms with Crippen LogP contribution < -0.4 is 5.32 Å². The fourth-order valence-electron chi connectivity index (χ4n) is 4.54. The van der Waals surface area contributed by atoms with E-state index in [-0.39, 0.29) is 5.82 Å². The Hall–Kier alpha value is -4.43. The van der Waals surface area contributed by atoms with Crippen LogP contribution in [-0.4, -0.2) is 36.7 Å². The van der Waals surface area contributed by atoms with Crippen molar-refractivity contribution in [2.45, 2.75) is 20.4 Å². The molecule has 5 heterocycles. The molecule has 7 nitrogen and oxygen atoms in total. The number of nitrogens with one attached hydrogen (secondary N) is 3. The van der Waals surface area contributed by atoms with E-state index in [1.54, 1.807) is 12.4 Å². The molecule has 0 aliphatic rings. The lowest BCUT2D eigenvalue weighted by molar-refractivity contribution is 0.627. The highest BCUT2D eigenvalue weighted by atomic mass is 19.1. The summed E-state index contributed by atoms with van der Waals surface area (Å²) in [7, 11) is 0. The molecule has 178 valence electrons. The summed E-state index contributed by atoms with van der Waals surface area (Å²) >= 11 is 0.